The van der Waals surface area contributed by atoms with Crippen LogP contribution in [0.1, 0.15) is 31.9 Å². The molecule has 1 aromatic heterocycles. The zero-order valence-electron chi connectivity index (χ0n) is 16.6. The third-order valence-corrected chi connectivity index (χ3v) is 4.60. The summed E-state index contributed by atoms with van der Waals surface area (Å²) < 4.78 is 11.5. The highest BCUT2D eigenvalue weighted by atomic mass is 32.1. The maximum atomic E-state index is 5.79. The predicted molar refractivity (Wildman–Crippen MR) is 117 cm³/mol. The van der Waals surface area contributed by atoms with Crippen molar-refractivity contribution in [2.75, 3.05) is 12.0 Å². The van der Waals surface area contributed by atoms with Gasteiger partial charge >= 0.3 is 0 Å². The summed E-state index contributed by atoms with van der Waals surface area (Å²) in [4.78, 5) is 4.58. The lowest BCUT2D eigenvalue weighted by Crippen LogP contribution is -2.07. The zero-order valence-corrected chi connectivity index (χ0v) is 17.4. The topological polar surface area (TPSA) is 55.7 Å². The molecule has 1 N–H and O–H groups in total. The molecule has 0 aliphatic rings. The smallest absolute Gasteiger partial charge is 0.203 e. The molecule has 0 unspecified atom stereocenters. The standard InChI is InChI=1S/C22H25N3O2S/c1-5-26-21-12-17(8-11-20(21)27-15(2)3)13-23-25-22-24-19(14-28-22)18-9-6-16(4)7-10-18/h6-15H,5H2,1-4H3,(H,24,25)/b23-13-. The van der Waals surface area contributed by atoms with E-state index < -0.39 is 0 Å². The number of benzene rings is 2. The Morgan fingerprint density at radius 3 is 2.64 bits per heavy atom. The van der Waals surface area contributed by atoms with E-state index in [0.717, 1.165) is 33.5 Å². The number of hydrazone groups is 1. The van der Waals surface area contributed by atoms with Crippen molar-refractivity contribution in [3.63, 3.8) is 0 Å². The molecule has 146 valence electrons. The summed E-state index contributed by atoms with van der Waals surface area (Å²) in [6.45, 7) is 8.59. The molecule has 0 saturated carbocycles. The van der Waals surface area contributed by atoms with Crippen molar-refractivity contribution in [3.8, 4) is 22.8 Å². The normalized spacial score (nSPS) is 11.2. The monoisotopic (exact) mass is 395 g/mol. The molecule has 0 aliphatic heterocycles. The number of nitrogens with one attached hydrogen (secondary N) is 1. The Labute approximate surface area is 170 Å². The minimum atomic E-state index is 0.0908. The van der Waals surface area contributed by atoms with Crippen LogP contribution in [0.25, 0.3) is 11.3 Å². The van der Waals surface area contributed by atoms with Crippen LogP contribution in [-0.2, 0) is 0 Å². The fourth-order valence-corrected chi connectivity index (χ4v) is 3.24. The number of hydrogen-bond donors (Lipinski definition) is 1. The van der Waals surface area contributed by atoms with Crippen LogP contribution in [0, 0.1) is 6.92 Å². The molecule has 1 heterocycles. The van der Waals surface area contributed by atoms with Crippen molar-refractivity contribution >= 4 is 22.7 Å². The highest BCUT2D eigenvalue weighted by molar-refractivity contribution is 7.14. The molecule has 0 aliphatic carbocycles. The van der Waals surface area contributed by atoms with Crippen molar-refractivity contribution in [1.82, 2.24) is 4.98 Å². The fourth-order valence-electron chi connectivity index (χ4n) is 2.57. The van der Waals surface area contributed by atoms with Gasteiger partial charge in [0.2, 0.25) is 5.13 Å². The van der Waals surface area contributed by atoms with Crippen molar-refractivity contribution in [3.05, 3.63) is 59.0 Å². The molecule has 0 spiro atoms. The van der Waals surface area contributed by atoms with Gasteiger partial charge in [0.25, 0.3) is 0 Å². The summed E-state index contributed by atoms with van der Waals surface area (Å²) in [7, 11) is 0. The highest BCUT2D eigenvalue weighted by Gasteiger charge is 2.08. The Balaban J connectivity index is 1.67. The predicted octanol–water partition coefficient (Wildman–Crippen LogP) is 5.75. The summed E-state index contributed by atoms with van der Waals surface area (Å²) in [6, 6.07) is 14.1. The molecule has 0 bridgehead atoms. The van der Waals surface area contributed by atoms with Crippen LogP contribution in [-0.4, -0.2) is 23.9 Å². The van der Waals surface area contributed by atoms with Gasteiger partial charge in [-0.1, -0.05) is 29.8 Å². The molecule has 0 radical (unpaired) electrons. The van der Waals surface area contributed by atoms with Crippen molar-refractivity contribution in [2.45, 2.75) is 33.8 Å². The Hall–Kier alpha value is -2.86. The van der Waals surface area contributed by atoms with Gasteiger partial charge in [-0.25, -0.2) is 4.98 Å². The average Bonchev–Trinajstić information content (AvgIpc) is 3.13. The summed E-state index contributed by atoms with van der Waals surface area (Å²) in [5.41, 5.74) is 7.19. The Morgan fingerprint density at radius 2 is 1.93 bits per heavy atom. The van der Waals surface area contributed by atoms with Gasteiger partial charge in [-0.15, -0.1) is 11.3 Å². The first kappa shape index (κ1) is 19.9. The van der Waals surface area contributed by atoms with Crippen LogP contribution in [0.5, 0.6) is 11.5 Å². The molecule has 3 aromatic rings. The van der Waals surface area contributed by atoms with Crippen LogP contribution < -0.4 is 14.9 Å². The van der Waals surface area contributed by atoms with E-state index in [2.05, 4.69) is 46.7 Å². The maximum absolute atomic E-state index is 5.79. The van der Waals surface area contributed by atoms with Crippen molar-refractivity contribution in [2.24, 2.45) is 5.10 Å². The largest absolute Gasteiger partial charge is 0.490 e. The molecule has 0 amide bonds. The van der Waals surface area contributed by atoms with Gasteiger partial charge in [0, 0.05) is 10.9 Å². The van der Waals surface area contributed by atoms with E-state index in [1.165, 1.54) is 16.9 Å². The lowest BCUT2D eigenvalue weighted by molar-refractivity contribution is 0.224. The molecule has 2 aromatic carbocycles. The number of thiazole rings is 1. The highest BCUT2D eigenvalue weighted by Crippen LogP contribution is 2.29. The van der Waals surface area contributed by atoms with Gasteiger partial charge in [-0.05, 0) is 51.5 Å². The summed E-state index contributed by atoms with van der Waals surface area (Å²) in [5, 5.41) is 7.07. The number of hydrogen-bond acceptors (Lipinski definition) is 6. The maximum Gasteiger partial charge on any atom is 0.203 e. The summed E-state index contributed by atoms with van der Waals surface area (Å²) in [5.74, 6) is 1.46. The molecule has 0 fully saturated rings. The second kappa shape index (κ2) is 9.37. The number of ether oxygens (including phenoxy) is 2. The minimum absolute atomic E-state index is 0.0908. The van der Waals surface area contributed by atoms with Gasteiger partial charge in [-0.3, -0.25) is 5.43 Å². The number of aryl methyl sites for hydroxylation is 1. The van der Waals surface area contributed by atoms with Gasteiger partial charge in [0.1, 0.15) is 0 Å². The average molecular weight is 396 g/mol. The third kappa shape index (κ3) is 5.33. The van der Waals surface area contributed by atoms with E-state index in [4.69, 9.17) is 9.47 Å². The van der Waals surface area contributed by atoms with Crippen molar-refractivity contribution < 1.29 is 9.47 Å². The van der Waals surface area contributed by atoms with E-state index in [0.29, 0.717) is 6.61 Å². The van der Waals surface area contributed by atoms with Crippen LogP contribution >= 0.6 is 11.3 Å². The second-order valence-corrected chi connectivity index (χ2v) is 7.44. The lowest BCUT2D eigenvalue weighted by atomic mass is 10.1. The van der Waals surface area contributed by atoms with Crippen LogP contribution in [0.2, 0.25) is 0 Å². The lowest BCUT2D eigenvalue weighted by Gasteiger charge is -2.14. The third-order valence-electron chi connectivity index (χ3n) is 3.86. The summed E-state index contributed by atoms with van der Waals surface area (Å²) in [6.07, 6.45) is 1.84. The fraction of sp³-hybridized carbons (Fsp3) is 0.273. The molecule has 3 rings (SSSR count). The zero-order chi connectivity index (χ0) is 19.9. The van der Waals surface area contributed by atoms with Gasteiger partial charge in [0.15, 0.2) is 11.5 Å². The molecule has 28 heavy (non-hydrogen) atoms. The molecule has 0 saturated heterocycles. The second-order valence-electron chi connectivity index (χ2n) is 6.58. The minimum Gasteiger partial charge on any atom is -0.490 e. The Morgan fingerprint density at radius 1 is 1.14 bits per heavy atom. The van der Waals surface area contributed by atoms with E-state index >= 15 is 0 Å². The Kier molecular flexibility index (Phi) is 6.66. The van der Waals surface area contributed by atoms with Crippen molar-refractivity contribution in [1.29, 1.82) is 0 Å². The van der Waals surface area contributed by atoms with Gasteiger partial charge in [0.05, 0.1) is 24.6 Å². The molecule has 6 heteroatoms. The molecular weight excluding hydrogens is 370 g/mol. The number of anilines is 1. The Bertz CT molecular complexity index is 933. The quantitative estimate of drug-likeness (QED) is 0.390. The van der Waals surface area contributed by atoms with Gasteiger partial charge in [-0.2, -0.15) is 5.10 Å². The molecule has 5 nitrogen and oxygen atoms in total. The first-order valence-electron chi connectivity index (χ1n) is 9.30. The number of aromatic nitrogens is 1. The molecule has 0 atom stereocenters. The molecular formula is C22H25N3O2S. The van der Waals surface area contributed by atoms with E-state index in [1.807, 2.05) is 44.4 Å². The first-order valence-corrected chi connectivity index (χ1v) is 10.2. The van der Waals surface area contributed by atoms with Crippen LogP contribution in [0.3, 0.4) is 0 Å². The van der Waals surface area contributed by atoms with Gasteiger partial charge < -0.3 is 9.47 Å². The van der Waals surface area contributed by atoms with Crippen LogP contribution in [0.4, 0.5) is 5.13 Å². The summed E-state index contributed by atoms with van der Waals surface area (Å²) >= 11 is 1.52. The number of rotatable bonds is 8. The van der Waals surface area contributed by atoms with E-state index in [-0.39, 0.29) is 6.10 Å². The first-order chi connectivity index (χ1) is 13.5. The van der Waals surface area contributed by atoms with Crippen LogP contribution in [0.15, 0.2) is 52.9 Å². The van der Waals surface area contributed by atoms with E-state index in [1.54, 1.807) is 6.21 Å². The van der Waals surface area contributed by atoms with E-state index in [9.17, 15) is 0 Å². The number of nitrogens with zero attached hydrogens (tertiary/aromatic N) is 2. The SMILES string of the molecule is CCOc1cc(/C=N\Nc2nc(-c3ccc(C)cc3)cs2)ccc1OC(C)C.